The van der Waals surface area contributed by atoms with Gasteiger partial charge in [-0.1, -0.05) is 61.5 Å². The predicted molar refractivity (Wildman–Crippen MR) is 149 cm³/mol. The average molecular weight is 522 g/mol. The van der Waals surface area contributed by atoms with Crippen LogP contribution in [0.15, 0.2) is 72.6 Å². The van der Waals surface area contributed by atoms with Gasteiger partial charge in [-0.3, -0.25) is 0 Å². The van der Waals surface area contributed by atoms with E-state index in [9.17, 15) is 9.90 Å². The molecule has 0 aliphatic heterocycles. The normalized spacial score (nSPS) is 12.6. The van der Waals surface area contributed by atoms with E-state index in [0.717, 1.165) is 23.1 Å². The second-order valence-corrected chi connectivity index (χ2v) is 8.74. The monoisotopic (exact) mass is 521 g/mol. The first-order chi connectivity index (χ1) is 17.8. The van der Waals surface area contributed by atoms with E-state index in [-0.39, 0.29) is 6.61 Å². The molecule has 4 N–H and O–H groups in total. The molecule has 0 fully saturated rings. The zero-order valence-electron chi connectivity index (χ0n) is 21.1. The zero-order chi connectivity index (χ0) is 26.8. The highest BCUT2D eigenvalue weighted by atomic mass is 35.5. The molecule has 3 aromatic rings. The van der Waals surface area contributed by atoms with E-state index in [1.807, 2.05) is 49.4 Å². The summed E-state index contributed by atoms with van der Waals surface area (Å²) < 4.78 is 0. The molecule has 0 saturated carbocycles. The molecule has 2 aromatic carbocycles. The van der Waals surface area contributed by atoms with Crippen molar-refractivity contribution in [3.8, 4) is 0 Å². The van der Waals surface area contributed by atoms with Gasteiger partial charge in [-0.15, -0.1) is 0 Å². The number of carbonyl (C=O) groups is 1. The largest absolute Gasteiger partial charge is 0.394 e. The Morgan fingerprint density at radius 1 is 1.24 bits per heavy atom. The average Bonchev–Trinajstić information content (AvgIpc) is 2.90. The second kappa shape index (κ2) is 13.4. The highest BCUT2D eigenvalue weighted by Crippen LogP contribution is 2.25. The lowest BCUT2D eigenvalue weighted by Gasteiger charge is -2.20. The maximum Gasteiger partial charge on any atom is 0.315 e. The van der Waals surface area contributed by atoms with E-state index >= 15 is 0 Å². The third kappa shape index (κ3) is 7.77. The maximum atomic E-state index is 12.6. The number of anilines is 3. The molecule has 10 heteroatoms. The molecule has 1 heterocycles. The topological polar surface area (TPSA) is 115 Å². The number of carbonyl (C=O) groups excluding carboxylic acids is 1. The van der Waals surface area contributed by atoms with Gasteiger partial charge >= 0.3 is 6.03 Å². The van der Waals surface area contributed by atoms with Crippen molar-refractivity contribution in [2.45, 2.75) is 39.3 Å². The Hall–Kier alpha value is -3.95. The summed E-state index contributed by atoms with van der Waals surface area (Å²) in [6.45, 7) is 9.31. The van der Waals surface area contributed by atoms with Crippen LogP contribution in [0.3, 0.4) is 0 Å². The SMILES string of the molecule is C=CN(/N=C\C(C)NC(=O)N[C@@H](CO)c1cccc(CC)c1)c1nc(Nc2ccccc2Cl)ncc1C. The van der Waals surface area contributed by atoms with E-state index in [1.165, 1.54) is 11.2 Å². The first kappa shape index (κ1) is 27.6. The highest BCUT2D eigenvalue weighted by molar-refractivity contribution is 6.33. The Balaban J connectivity index is 1.65. The van der Waals surface area contributed by atoms with Gasteiger partial charge < -0.3 is 21.1 Å². The van der Waals surface area contributed by atoms with Crippen LogP contribution in [0.25, 0.3) is 0 Å². The number of nitrogens with one attached hydrogen (secondary N) is 3. The molecule has 2 amide bonds. The molecule has 0 saturated heterocycles. The molecule has 3 rings (SSSR count). The summed E-state index contributed by atoms with van der Waals surface area (Å²) >= 11 is 6.23. The second-order valence-electron chi connectivity index (χ2n) is 8.34. The van der Waals surface area contributed by atoms with Gasteiger partial charge in [-0.2, -0.15) is 10.1 Å². The van der Waals surface area contributed by atoms with Crippen LogP contribution < -0.4 is 21.0 Å². The van der Waals surface area contributed by atoms with Crippen LogP contribution in [0.5, 0.6) is 0 Å². The van der Waals surface area contributed by atoms with Crippen molar-refractivity contribution >= 4 is 41.3 Å². The fourth-order valence-corrected chi connectivity index (χ4v) is 3.66. The van der Waals surface area contributed by atoms with Crippen LogP contribution in [0, 0.1) is 6.92 Å². The summed E-state index contributed by atoms with van der Waals surface area (Å²) in [5.41, 5.74) is 3.43. The van der Waals surface area contributed by atoms with Crippen LogP contribution in [0.1, 0.15) is 36.6 Å². The molecule has 37 heavy (non-hydrogen) atoms. The van der Waals surface area contributed by atoms with Gasteiger partial charge in [0.1, 0.15) is 0 Å². The van der Waals surface area contributed by atoms with Crippen molar-refractivity contribution < 1.29 is 9.90 Å². The molecule has 1 aromatic heterocycles. The molecule has 1 unspecified atom stereocenters. The van der Waals surface area contributed by atoms with Crippen LogP contribution in [0.2, 0.25) is 5.02 Å². The van der Waals surface area contributed by atoms with Crippen molar-refractivity contribution in [1.82, 2.24) is 20.6 Å². The van der Waals surface area contributed by atoms with E-state index < -0.39 is 18.1 Å². The molecular weight excluding hydrogens is 490 g/mol. The number of aliphatic hydroxyl groups is 1. The molecule has 0 aliphatic rings. The quantitative estimate of drug-likeness (QED) is 0.206. The number of urea groups is 1. The minimum Gasteiger partial charge on any atom is -0.394 e. The summed E-state index contributed by atoms with van der Waals surface area (Å²) in [6, 6.07) is 13.7. The number of aliphatic hydroxyl groups excluding tert-OH is 1. The van der Waals surface area contributed by atoms with Crippen molar-refractivity contribution in [3.63, 3.8) is 0 Å². The molecular formula is C27H32ClN7O2. The summed E-state index contributed by atoms with van der Waals surface area (Å²) in [6.07, 6.45) is 5.62. The third-order valence-corrected chi connectivity index (χ3v) is 5.81. The van der Waals surface area contributed by atoms with Gasteiger partial charge in [0.15, 0.2) is 5.82 Å². The number of aryl methyl sites for hydroxylation is 2. The van der Waals surface area contributed by atoms with Gasteiger partial charge in [0, 0.05) is 24.2 Å². The molecule has 0 radical (unpaired) electrons. The number of hydrazone groups is 1. The van der Waals surface area contributed by atoms with E-state index in [2.05, 4.69) is 44.5 Å². The van der Waals surface area contributed by atoms with Gasteiger partial charge in [-0.25, -0.2) is 14.8 Å². The number of amides is 2. The standard InChI is InChI=1S/C27H32ClN7O2/c1-5-20-10-9-11-21(14-20)24(17-36)33-27(37)31-19(4)16-30-35(6-2)25-18(3)15-29-26(34-25)32-23-13-8-7-12-22(23)28/h6-16,19,24,36H,2,5,17H2,1,3-4H3,(H,29,32,34)(H2,31,33,37)/b30-16-/t19?,24-/m0/s1. The Labute approximate surface area is 222 Å². The molecule has 0 spiro atoms. The molecule has 2 atom stereocenters. The van der Waals surface area contributed by atoms with Gasteiger partial charge in [0.05, 0.1) is 29.4 Å². The molecule has 9 nitrogen and oxygen atoms in total. The van der Waals surface area contributed by atoms with Gasteiger partial charge in [0.25, 0.3) is 0 Å². The number of benzene rings is 2. The van der Waals surface area contributed by atoms with Crippen molar-refractivity contribution in [3.05, 3.63) is 89.2 Å². The summed E-state index contributed by atoms with van der Waals surface area (Å²) in [5.74, 6) is 0.868. The molecule has 194 valence electrons. The van der Waals surface area contributed by atoms with Crippen molar-refractivity contribution in [1.29, 1.82) is 0 Å². The summed E-state index contributed by atoms with van der Waals surface area (Å²) in [7, 11) is 0. The fraction of sp³-hybridized carbons (Fsp3) is 0.259. The zero-order valence-corrected chi connectivity index (χ0v) is 21.9. The summed E-state index contributed by atoms with van der Waals surface area (Å²) in [4.78, 5) is 21.4. The number of aromatic nitrogens is 2. The van der Waals surface area contributed by atoms with Crippen molar-refractivity contribution in [2.24, 2.45) is 5.10 Å². The third-order valence-electron chi connectivity index (χ3n) is 5.48. The van der Waals surface area contributed by atoms with Crippen LogP contribution in [-0.2, 0) is 6.42 Å². The van der Waals surface area contributed by atoms with Gasteiger partial charge in [0.2, 0.25) is 5.95 Å². The predicted octanol–water partition coefficient (Wildman–Crippen LogP) is 5.10. The number of rotatable bonds is 11. The number of hydrogen-bond acceptors (Lipinski definition) is 7. The van der Waals surface area contributed by atoms with Crippen LogP contribution >= 0.6 is 11.6 Å². The van der Waals surface area contributed by atoms with Crippen molar-refractivity contribution in [2.75, 3.05) is 16.9 Å². The lowest BCUT2D eigenvalue weighted by atomic mass is 10.0. The Morgan fingerprint density at radius 3 is 2.73 bits per heavy atom. The van der Waals surface area contributed by atoms with Crippen LogP contribution in [0.4, 0.5) is 22.2 Å². The fourth-order valence-electron chi connectivity index (χ4n) is 3.48. The summed E-state index contributed by atoms with van der Waals surface area (Å²) in [5, 5.41) is 25.0. The Bertz CT molecular complexity index is 1250. The number of hydrogen-bond donors (Lipinski definition) is 4. The van der Waals surface area contributed by atoms with E-state index in [0.29, 0.717) is 22.5 Å². The van der Waals surface area contributed by atoms with Crippen LogP contribution in [-0.4, -0.2) is 40.0 Å². The lowest BCUT2D eigenvalue weighted by Crippen LogP contribution is -2.44. The number of halogens is 1. The molecule has 0 aliphatic carbocycles. The minimum atomic E-state index is -0.520. The Kier molecular flexibility index (Phi) is 10.00. The highest BCUT2D eigenvalue weighted by Gasteiger charge is 2.16. The maximum absolute atomic E-state index is 12.6. The first-order valence-electron chi connectivity index (χ1n) is 11.9. The smallest absolute Gasteiger partial charge is 0.315 e. The molecule has 0 bridgehead atoms. The van der Waals surface area contributed by atoms with Gasteiger partial charge in [-0.05, 0) is 43.5 Å². The van der Waals surface area contributed by atoms with E-state index in [1.54, 1.807) is 25.4 Å². The minimum absolute atomic E-state index is 0.217. The first-order valence-corrected chi connectivity index (χ1v) is 12.3. The van der Waals surface area contributed by atoms with E-state index in [4.69, 9.17) is 11.6 Å². The number of para-hydroxylation sites is 1. The lowest BCUT2D eigenvalue weighted by molar-refractivity contribution is 0.216. The Morgan fingerprint density at radius 2 is 2.03 bits per heavy atom. The number of nitrogens with zero attached hydrogens (tertiary/aromatic N) is 4.